The molecular weight excluding hydrogens is 240 g/mol. The predicted octanol–water partition coefficient (Wildman–Crippen LogP) is 0.331. The van der Waals surface area contributed by atoms with E-state index in [9.17, 15) is 5.11 Å². The summed E-state index contributed by atoms with van der Waals surface area (Å²) in [5.74, 6) is 7.16. The number of aliphatic hydroxyl groups is 2. The Labute approximate surface area is 105 Å². The van der Waals surface area contributed by atoms with E-state index >= 15 is 0 Å². The van der Waals surface area contributed by atoms with Gasteiger partial charge in [-0.05, 0) is 0 Å². The smallest absolute Gasteiger partial charge is 0.144 e. The van der Waals surface area contributed by atoms with Crippen LogP contribution in [0.5, 0.6) is 0 Å². The van der Waals surface area contributed by atoms with Gasteiger partial charge in [0.05, 0.1) is 12.7 Å². The van der Waals surface area contributed by atoms with Crippen molar-refractivity contribution in [3.8, 4) is 0 Å². The van der Waals surface area contributed by atoms with Gasteiger partial charge in [-0.2, -0.15) is 0 Å². The fourth-order valence-corrected chi connectivity index (χ4v) is 1.90. The number of nitrogens with two attached hydrogens (primary N) is 1. The molecule has 0 bridgehead atoms. The number of thioether (sulfide) groups is 1. The van der Waals surface area contributed by atoms with Crippen molar-refractivity contribution in [3.63, 3.8) is 0 Å². The van der Waals surface area contributed by atoms with E-state index in [4.69, 9.17) is 10.9 Å². The number of aliphatic hydroxyl groups excluding tert-OH is 2. The second kappa shape index (κ2) is 6.75. The van der Waals surface area contributed by atoms with Gasteiger partial charge in [0.1, 0.15) is 16.7 Å². The summed E-state index contributed by atoms with van der Waals surface area (Å²) in [5, 5.41) is 18.7. The lowest BCUT2D eigenvalue weighted by Crippen LogP contribution is -2.15. The third-order valence-electron chi connectivity index (χ3n) is 2.02. The summed E-state index contributed by atoms with van der Waals surface area (Å²) in [6.45, 7) is 3.73. The predicted molar refractivity (Wildman–Crippen MR) is 67.7 cm³/mol. The Morgan fingerprint density at radius 3 is 2.71 bits per heavy atom. The van der Waals surface area contributed by atoms with Gasteiger partial charge < -0.3 is 15.6 Å². The Bertz CT molecular complexity index is 362. The summed E-state index contributed by atoms with van der Waals surface area (Å²) >= 11 is 1.36. The van der Waals surface area contributed by atoms with E-state index < -0.39 is 6.10 Å². The number of hydrogen-bond acceptors (Lipinski definition) is 7. The molecule has 0 saturated heterocycles. The molecule has 0 saturated carbocycles. The molecule has 0 aromatic carbocycles. The lowest BCUT2D eigenvalue weighted by molar-refractivity contribution is 0.113. The Balaban J connectivity index is 2.80. The average Bonchev–Trinajstić information content (AvgIpc) is 2.35. The maximum Gasteiger partial charge on any atom is 0.144 e. The third-order valence-corrected chi connectivity index (χ3v) is 3.07. The summed E-state index contributed by atoms with van der Waals surface area (Å²) in [7, 11) is 0. The van der Waals surface area contributed by atoms with Gasteiger partial charge in [-0.15, -0.1) is 11.8 Å². The van der Waals surface area contributed by atoms with Crippen molar-refractivity contribution >= 4 is 17.6 Å². The molecule has 0 aliphatic carbocycles. The molecule has 96 valence electrons. The zero-order valence-electron chi connectivity index (χ0n) is 9.92. The van der Waals surface area contributed by atoms with Crippen LogP contribution in [-0.4, -0.2) is 38.6 Å². The zero-order valence-corrected chi connectivity index (χ0v) is 10.7. The van der Waals surface area contributed by atoms with Crippen LogP contribution in [0, 0.1) is 0 Å². The van der Waals surface area contributed by atoms with Crippen molar-refractivity contribution in [2.24, 2.45) is 5.84 Å². The monoisotopic (exact) mass is 258 g/mol. The number of nitrogens with one attached hydrogen (secondary N) is 1. The highest BCUT2D eigenvalue weighted by atomic mass is 32.2. The topological polar surface area (TPSA) is 104 Å². The maximum absolute atomic E-state index is 9.27. The van der Waals surface area contributed by atoms with Gasteiger partial charge in [0.15, 0.2) is 0 Å². The molecule has 17 heavy (non-hydrogen) atoms. The van der Waals surface area contributed by atoms with Crippen LogP contribution in [0.2, 0.25) is 0 Å². The summed E-state index contributed by atoms with van der Waals surface area (Å²) in [5.41, 5.74) is 2.49. The van der Waals surface area contributed by atoms with E-state index in [0.29, 0.717) is 17.4 Å². The number of nitrogens with zero attached hydrogens (tertiary/aromatic N) is 2. The molecule has 7 heteroatoms. The number of rotatable bonds is 6. The van der Waals surface area contributed by atoms with Gasteiger partial charge in [-0.1, -0.05) is 13.8 Å². The molecule has 0 fully saturated rings. The molecular formula is C10H18N4O2S. The van der Waals surface area contributed by atoms with Gasteiger partial charge in [-0.25, -0.2) is 15.8 Å². The highest BCUT2D eigenvalue weighted by Gasteiger charge is 2.09. The molecule has 0 spiro atoms. The van der Waals surface area contributed by atoms with Crippen molar-refractivity contribution < 1.29 is 10.2 Å². The quantitative estimate of drug-likeness (QED) is 0.252. The van der Waals surface area contributed by atoms with Gasteiger partial charge in [0.2, 0.25) is 0 Å². The van der Waals surface area contributed by atoms with Gasteiger partial charge in [-0.3, -0.25) is 0 Å². The molecule has 0 aliphatic heterocycles. The van der Waals surface area contributed by atoms with Crippen LogP contribution >= 0.6 is 11.8 Å². The Morgan fingerprint density at radius 2 is 2.18 bits per heavy atom. The van der Waals surface area contributed by atoms with E-state index in [-0.39, 0.29) is 12.5 Å². The lowest BCUT2D eigenvalue weighted by Gasteiger charge is -2.10. The van der Waals surface area contributed by atoms with E-state index in [1.54, 1.807) is 6.07 Å². The van der Waals surface area contributed by atoms with Gasteiger partial charge in [0.25, 0.3) is 0 Å². The van der Waals surface area contributed by atoms with Crippen LogP contribution in [0.25, 0.3) is 0 Å². The molecule has 1 rings (SSSR count). The zero-order chi connectivity index (χ0) is 12.8. The third kappa shape index (κ3) is 4.47. The minimum Gasteiger partial charge on any atom is -0.394 e. The second-order valence-electron chi connectivity index (χ2n) is 3.90. The number of nitrogen functional groups attached to an aromatic ring is 1. The van der Waals surface area contributed by atoms with E-state index in [2.05, 4.69) is 15.4 Å². The van der Waals surface area contributed by atoms with E-state index in [1.807, 2.05) is 13.8 Å². The maximum atomic E-state index is 9.27. The standard InChI is InChI=1S/C10H18N4O2S/c1-6(2)10-12-8(14-11)3-9(13-10)17-5-7(16)4-15/h3,6-7,15-16H,4-5,11H2,1-2H3,(H,12,13,14). The van der Waals surface area contributed by atoms with Crippen molar-refractivity contribution in [3.05, 3.63) is 11.9 Å². The second-order valence-corrected chi connectivity index (χ2v) is 4.94. The van der Waals surface area contributed by atoms with Crippen molar-refractivity contribution in [1.82, 2.24) is 9.97 Å². The van der Waals surface area contributed by atoms with Gasteiger partial charge >= 0.3 is 0 Å². The molecule has 1 heterocycles. The molecule has 0 aliphatic rings. The molecule has 1 unspecified atom stereocenters. The van der Waals surface area contributed by atoms with Gasteiger partial charge in [0, 0.05) is 17.7 Å². The van der Waals surface area contributed by atoms with Crippen LogP contribution in [0.15, 0.2) is 11.1 Å². The normalized spacial score (nSPS) is 12.8. The molecule has 5 N–H and O–H groups in total. The van der Waals surface area contributed by atoms with E-state index in [1.165, 1.54) is 11.8 Å². The van der Waals surface area contributed by atoms with Crippen LogP contribution in [0.3, 0.4) is 0 Å². The van der Waals surface area contributed by atoms with Crippen LogP contribution in [-0.2, 0) is 0 Å². The summed E-state index contributed by atoms with van der Waals surface area (Å²) in [6.07, 6.45) is -0.744. The first-order valence-corrected chi connectivity index (χ1v) is 6.32. The van der Waals surface area contributed by atoms with Crippen molar-refractivity contribution in [2.75, 3.05) is 17.8 Å². The van der Waals surface area contributed by atoms with Crippen LogP contribution < -0.4 is 11.3 Å². The van der Waals surface area contributed by atoms with E-state index in [0.717, 1.165) is 5.03 Å². The highest BCUT2D eigenvalue weighted by molar-refractivity contribution is 7.99. The van der Waals surface area contributed by atoms with Crippen molar-refractivity contribution in [1.29, 1.82) is 0 Å². The first-order chi connectivity index (χ1) is 8.06. The molecule has 1 atom stereocenters. The number of hydrazine groups is 1. The molecule has 1 aromatic rings. The Hall–Kier alpha value is -0.890. The fourth-order valence-electron chi connectivity index (χ4n) is 1.08. The highest BCUT2D eigenvalue weighted by Crippen LogP contribution is 2.21. The minimum absolute atomic E-state index is 0.199. The number of aromatic nitrogens is 2. The summed E-state index contributed by atoms with van der Waals surface area (Å²) in [6, 6.07) is 1.71. The number of anilines is 1. The Kier molecular flexibility index (Phi) is 5.63. The number of hydrogen-bond donors (Lipinski definition) is 4. The average molecular weight is 258 g/mol. The van der Waals surface area contributed by atoms with Crippen LogP contribution in [0.4, 0.5) is 5.82 Å². The lowest BCUT2D eigenvalue weighted by atomic mass is 10.2. The first-order valence-electron chi connectivity index (χ1n) is 5.34. The molecule has 0 amide bonds. The largest absolute Gasteiger partial charge is 0.394 e. The molecule has 1 aromatic heterocycles. The molecule has 0 radical (unpaired) electrons. The Morgan fingerprint density at radius 1 is 1.47 bits per heavy atom. The van der Waals surface area contributed by atoms with Crippen molar-refractivity contribution in [2.45, 2.75) is 30.9 Å². The van der Waals surface area contributed by atoms with Crippen LogP contribution in [0.1, 0.15) is 25.6 Å². The molecule has 6 nitrogen and oxygen atoms in total. The minimum atomic E-state index is -0.744. The first kappa shape index (κ1) is 14.2. The summed E-state index contributed by atoms with van der Waals surface area (Å²) < 4.78 is 0. The summed E-state index contributed by atoms with van der Waals surface area (Å²) in [4.78, 5) is 8.58. The fraction of sp³-hybridized carbons (Fsp3) is 0.600. The SMILES string of the molecule is CC(C)c1nc(NN)cc(SCC(O)CO)n1.